The van der Waals surface area contributed by atoms with Gasteiger partial charge in [-0.2, -0.15) is 0 Å². The molecule has 0 aromatic rings. The fraction of sp³-hybridized carbons (Fsp3) is 0.900. The fourth-order valence-electron chi connectivity index (χ4n) is 1.32. The summed E-state index contributed by atoms with van der Waals surface area (Å²) >= 11 is 0. The number of carbonyl (C=O) groups is 1. The Morgan fingerprint density at radius 2 is 1.75 bits per heavy atom. The highest BCUT2D eigenvalue weighted by atomic mass is 32.2. The van der Waals surface area contributed by atoms with Crippen molar-refractivity contribution in [2.24, 2.45) is 11.8 Å². The molecule has 0 amide bonds. The Morgan fingerprint density at radius 1 is 1.25 bits per heavy atom. The predicted octanol–water partition coefficient (Wildman–Crippen LogP) is 1.06. The summed E-state index contributed by atoms with van der Waals surface area (Å²) < 4.78 is 25.7. The molecular weight excluding hydrogens is 230 g/mol. The second kappa shape index (κ2) is 6.20. The third-order valence-corrected chi connectivity index (χ3v) is 3.85. The van der Waals surface area contributed by atoms with Gasteiger partial charge in [0.2, 0.25) is 10.0 Å². The lowest BCUT2D eigenvalue weighted by Gasteiger charge is -2.21. The van der Waals surface area contributed by atoms with Crippen LogP contribution in [-0.4, -0.2) is 31.3 Å². The van der Waals surface area contributed by atoms with Crippen molar-refractivity contribution in [1.82, 2.24) is 4.72 Å². The molecule has 5 nitrogen and oxygen atoms in total. The number of sulfonamides is 1. The molecule has 0 aliphatic carbocycles. The molecule has 0 bridgehead atoms. The van der Waals surface area contributed by atoms with Gasteiger partial charge >= 0.3 is 5.97 Å². The van der Waals surface area contributed by atoms with Crippen LogP contribution in [0, 0.1) is 11.8 Å². The Balaban J connectivity index is 4.56. The highest BCUT2D eigenvalue weighted by Gasteiger charge is 2.23. The molecule has 0 aliphatic rings. The Labute approximate surface area is 97.3 Å². The first-order valence-electron chi connectivity index (χ1n) is 5.36. The molecule has 96 valence electrons. The molecule has 1 unspecified atom stereocenters. The van der Waals surface area contributed by atoms with E-state index in [4.69, 9.17) is 5.11 Å². The van der Waals surface area contributed by atoms with Crippen LogP contribution in [0.5, 0.6) is 0 Å². The lowest BCUT2D eigenvalue weighted by atomic mass is 10.0. The zero-order valence-electron chi connectivity index (χ0n) is 10.2. The normalized spacial score (nSPS) is 14.4. The Hall–Kier alpha value is -0.620. The Kier molecular flexibility index (Phi) is 5.96. The summed E-state index contributed by atoms with van der Waals surface area (Å²) in [5.74, 6) is -0.991. The monoisotopic (exact) mass is 251 g/mol. The molecule has 0 spiro atoms. The summed E-state index contributed by atoms with van der Waals surface area (Å²) in [5, 5.41) is 8.68. The minimum absolute atomic E-state index is 0.0233. The number of rotatable bonds is 7. The fourth-order valence-corrected chi connectivity index (χ4v) is 3.11. The van der Waals surface area contributed by atoms with Crippen molar-refractivity contribution in [2.45, 2.75) is 40.2 Å². The third kappa shape index (κ3) is 6.79. The Bertz CT molecular complexity index is 322. The van der Waals surface area contributed by atoms with Crippen LogP contribution in [0.2, 0.25) is 0 Å². The predicted molar refractivity (Wildman–Crippen MR) is 62.6 cm³/mol. The van der Waals surface area contributed by atoms with E-state index in [2.05, 4.69) is 4.72 Å². The summed E-state index contributed by atoms with van der Waals surface area (Å²) in [4.78, 5) is 10.6. The van der Waals surface area contributed by atoms with Crippen LogP contribution in [0.1, 0.15) is 34.1 Å². The highest BCUT2D eigenvalue weighted by molar-refractivity contribution is 7.89. The molecule has 0 saturated heterocycles. The standard InChI is InChI=1S/C10H21NO4S/c1-7(2)6-16(14,15)11-9(8(3)4)5-10(12)13/h7-9,11H,5-6H2,1-4H3,(H,12,13). The molecule has 0 aliphatic heterocycles. The minimum Gasteiger partial charge on any atom is -0.481 e. The molecule has 6 heteroatoms. The zero-order chi connectivity index (χ0) is 12.9. The van der Waals surface area contributed by atoms with E-state index < -0.39 is 22.0 Å². The average molecular weight is 251 g/mol. The lowest BCUT2D eigenvalue weighted by Crippen LogP contribution is -2.41. The van der Waals surface area contributed by atoms with Crippen LogP contribution in [-0.2, 0) is 14.8 Å². The molecule has 0 heterocycles. The van der Waals surface area contributed by atoms with Crippen molar-refractivity contribution in [1.29, 1.82) is 0 Å². The van der Waals surface area contributed by atoms with Gasteiger partial charge in [-0.3, -0.25) is 4.79 Å². The molecule has 0 aromatic heterocycles. The van der Waals surface area contributed by atoms with Crippen molar-refractivity contribution in [3.05, 3.63) is 0 Å². The minimum atomic E-state index is -3.38. The first-order chi connectivity index (χ1) is 7.14. The zero-order valence-corrected chi connectivity index (χ0v) is 11.0. The van der Waals surface area contributed by atoms with Gasteiger partial charge in [0.15, 0.2) is 0 Å². The number of hydrogen-bond donors (Lipinski definition) is 2. The first kappa shape index (κ1) is 15.4. The topological polar surface area (TPSA) is 83.5 Å². The van der Waals surface area contributed by atoms with Crippen molar-refractivity contribution in [2.75, 3.05) is 5.75 Å². The lowest BCUT2D eigenvalue weighted by molar-refractivity contribution is -0.137. The van der Waals surface area contributed by atoms with Crippen LogP contribution >= 0.6 is 0 Å². The molecule has 0 rings (SSSR count). The molecule has 1 atom stereocenters. The van der Waals surface area contributed by atoms with E-state index in [1.807, 2.05) is 0 Å². The first-order valence-corrected chi connectivity index (χ1v) is 7.01. The summed E-state index contributed by atoms with van der Waals surface area (Å²) in [6.07, 6.45) is -0.186. The maximum atomic E-state index is 11.6. The molecule has 2 N–H and O–H groups in total. The summed E-state index contributed by atoms with van der Waals surface area (Å²) in [5.41, 5.74) is 0. The van der Waals surface area contributed by atoms with Crippen molar-refractivity contribution in [3.8, 4) is 0 Å². The van der Waals surface area contributed by atoms with Gasteiger partial charge in [0.1, 0.15) is 0 Å². The van der Waals surface area contributed by atoms with Gasteiger partial charge in [0.25, 0.3) is 0 Å². The number of carboxylic acids is 1. The van der Waals surface area contributed by atoms with Crippen molar-refractivity contribution in [3.63, 3.8) is 0 Å². The smallest absolute Gasteiger partial charge is 0.304 e. The van der Waals surface area contributed by atoms with E-state index >= 15 is 0 Å². The molecule has 0 radical (unpaired) electrons. The largest absolute Gasteiger partial charge is 0.481 e. The van der Waals surface area contributed by atoms with Gasteiger partial charge in [-0.25, -0.2) is 13.1 Å². The van der Waals surface area contributed by atoms with Gasteiger partial charge in [0, 0.05) is 6.04 Å². The molecular formula is C10H21NO4S. The van der Waals surface area contributed by atoms with E-state index in [-0.39, 0.29) is 24.0 Å². The average Bonchev–Trinajstić information content (AvgIpc) is 1.98. The van der Waals surface area contributed by atoms with Gasteiger partial charge in [-0.15, -0.1) is 0 Å². The highest BCUT2D eigenvalue weighted by Crippen LogP contribution is 2.09. The molecule has 0 fully saturated rings. The van der Waals surface area contributed by atoms with E-state index in [0.29, 0.717) is 0 Å². The van der Waals surface area contributed by atoms with E-state index in [1.54, 1.807) is 27.7 Å². The van der Waals surface area contributed by atoms with Crippen LogP contribution in [0.15, 0.2) is 0 Å². The number of nitrogens with one attached hydrogen (secondary N) is 1. The van der Waals surface area contributed by atoms with Crippen LogP contribution < -0.4 is 4.72 Å². The molecule has 0 saturated carbocycles. The summed E-state index contributed by atoms with van der Waals surface area (Å²) in [7, 11) is -3.38. The molecule has 0 aromatic carbocycles. The SMILES string of the molecule is CC(C)CS(=O)(=O)NC(CC(=O)O)C(C)C. The van der Waals surface area contributed by atoms with Gasteiger partial charge in [-0.05, 0) is 11.8 Å². The number of carboxylic acid groups (broad SMARTS) is 1. The molecule has 16 heavy (non-hydrogen) atoms. The van der Waals surface area contributed by atoms with Crippen molar-refractivity contribution >= 4 is 16.0 Å². The Morgan fingerprint density at radius 3 is 2.06 bits per heavy atom. The van der Waals surface area contributed by atoms with Gasteiger partial charge in [-0.1, -0.05) is 27.7 Å². The quantitative estimate of drug-likeness (QED) is 0.708. The number of hydrogen-bond acceptors (Lipinski definition) is 3. The maximum Gasteiger partial charge on any atom is 0.304 e. The van der Waals surface area contributed by atoms with Gasteiger partial charge in [0.05, 0.1) is 12.2 Å². The van der Waals surface area contributed by atoms with Crippen molar-refractivity contribution < 1.29 is 18.3 Å². The number of aliphatic carboxylic acids is 1. The van der Waals surface area contributed by atoms with Crippen LogP contribution in [0.25, 0.3) is 0 Å². The summed E-state index contributed by atoms with van der Waals surface area (Å²) in [6.45, 7) is 7.21. The van der Waals surface area contributed by atoms with E-state index in [9.17, 15) is 13.2 Å². The van der Waals surface area contributed by atoms with Crippen LogP contribution in [0.3, 0.4) is 0 Å². The second-order valence-electron chi connectivity index (χ2n) is 4.74. The maximum absolute atomic E-state index is 11.6. The van der Waals surface area contributed by atoms with Gasteiger partial charge < -0.3 is 5.11 Å². The summed E-state index contributed by atoms with van der Waals surface area (Å²) in [6, 6.07) is -0.541. The van der Waals surface area contributed by atoms with Crippen LogP contribution in [0.4, 0.5) is 0 Å². The van der Waals surface area contributed by atoms with E-state index in [1.165, 1.54) is 0 Å². The third-order valence-electron chi connectivity index (χ3n) is 2.08. The second-order valence-corrected chi connectivity index (χ2v) is 6.54. The van der Waals surface area contributed by atoms with E-state index in [0.717, 1.165) is 0 Å².